The highest BCUT2D eigenvalue weighted by Gasteiger charge is 2.20. The van der Waals surface area contributed by atoms with Crippen molar-refractivity contribution in [2.24, 2.45) is 0 Å². The molecule has 1 N–H and O–H groups in total. The Morgan fingerprint density at radius 2 is 2.11 bits per heavy atom. The van der Waals surface area contributed by atoms with Gasteiger partial charge in [0.1, 0.15) is 0 Å². The maximum atomic E-state index is 4.44. The summed E-state index contributed by atoms with van der Waals surface area (Å²) in [7, 11) is 0. The molecule has 3 rings (SSSR count). The third-order valence-electron chi connectivity index (χ3n) is 3.47. The molecule has 18 heavy (non-hydrogen) atoms. The number of hydrogen-bond acceptors (Lipinski definition) is 2. The third kappa shape index (κ3) is 2.46. The van der Waals surface area contributed by atoms with Crippen LogP contribution in [0.1, 0.15) is 29.7 Å². The summed E-state index contributed by atoms with van der Waals surface area (Å²) in [4.78, 5) is 0. The minimum Gasteiger partial charge on any atom is -0.310 e. The van der Waals surface area contributed by atoms with Gasteiger partial charge in [0.25, 0.3) is 0 Å². The average molecular weight is 241 g/mol. The molecule has 0 atom stereocenters. The van der Waals surface area contributed by atoms with Crippen LogP contribution in [0.4, 0.5) is 0 Å². The van der Waals surface area contributed by atoms with Gasteiger partial charge in [-0.2, -0.15) is 5.10 Å². The molecule has 0 saturated heterocycles. The van der Waals surface area contributed by atoms with Crippen molar-refractivity contribution in [2.45, 2.75) is 39.3 Å². The van der Waals surface area contributed by atoms with E-state index in [9.17, 15) is 0 Å². The van der Waals surface area contributed by atoms with Gasteiger partial charge in [-0.3, -0.25) is 0 Å². The molecule has 3 heteroatoms. The summed E-state index contributed by atoms with van der Waals surface area (Å²) >= 11 is 0. The van der Waals surface area contributed by atoms with Crippen molar-refractivity contribution in [2.75, 3.05) is 0 Å². The number of rotatable bonds is 4. The lowest BCUT2D eigenvalue weighted by atomic mass is 10.1. The summed E-state index contributed by atoms with van der Waals surface area (Å²) in [5.41, 5.74) is 4.89. The molecule has 1 saturated carbocycles. The molecule has 1 heterocycles. The van der Waals surface area contributed by atoms with Crippen LogP contribution in [0.15, 0.2) is 30.5 Å². The Morgan fingerprint density at radius 1 is 1.28 bits per heavy atom. The Bertz CT molecular complexity index is 553. The predicted octanol–water partition coefficient (Wildman–Crippen LogP) is 2.74. The van der Waals surface area contributed by atoms with Gasteiger partial charge < -0.3 is 5.32 Å². The average Bonchev–Trinajstić information content (AvgIpc) is 3.08. The van der Waals surface area contributed by atoms with Crippen LogP contribution in [-0.4, -0.2) is 15.8 Å². The monoisotopic (exact) mass is 241 g/mol. The summed E-state index contributed by atoms with van der Waals surface area (Å²) in [6.07, 6.45) is 4.68. The van der Waals surface area contributed by atoms with E-state index in [2.05, 4.69) is 35.5 Å². The number of nitrogens with one attached hydrogen (secondary N) is 1. The highest BCUT2D eigenvalue weighted by molar-refractivity contribution is 5.39. The summed E-state index contributed by atoms with van der Waals surface area (Å²) in [5, 5.41) is 7.99. The minimum atomic E-state index is 0.762. The number of aromatic nitrogens is 2. The van der Waals surface area contributed by atoms with Crippen LogP contribution in [0.5, 0.6) is 0 Å². The van der Waals surface area contributed by atoms with Gasteiger partial charge in [-0.05, 0) is 56.0 Å². The van der Waals surface area contributed by atoms with Gasteiger partial charge in [-0.25, -0.2) is 4.68 Å². The second-order valence-corrected chi connectivity index (χ2v) is 5.17. The van der Waals surface area contributed by atoms with Crippen LogP contribution >= 0.6 is 0 Å². The SMILES string of the molecule is Cc1ccn(-c2ccc(CNC3CC3)c(C)c2)n1. The molecule has 0 unspecified atom stereocenters. The molecule has 94 valence electrons. The fourth-order valence-corrected chi connectivity index (χ4v) is 2.12. The van der Waals surface area contributed by atoms with Crippen molar-refractivity contribution in [3.05, 3.63) is 47.3 Å². The molecule has 0 amide bonds. The highest BCUT2D eigenvalue weighted by atomic mass is 15.3. The fraction of sp³-hybridized carbons (Fsp3) is 0.400. The van der Waals surface area contributed by atoms with Crippen molar-refractivity contribution in [1.29, 1.82) is 0 Å². The molecule has 0 aliphatic heterocycles. The van der Waals surface area contributed by atoms with Crippen molar-refractivity contribution in [3.63, 3.8) is 0 Å². The Hall–Kier alpha value is -1.61. The van der Waals surface area contributed by atoms with E-state index in [-0.39, 0.29) is 0 Å². The van der Waals surface area contributed by atoms with E-state index in [1.807, 2.05) is 23.9 Å². The first kappa shape index (κ1) is 11.5. The fourth-order valence-electron chi connectivity index (χ4n) is 2.12. The lowest BCUT2D eigenvalue weighted by Crippen LogP contribution is -2.16. The van der Waals surface area contributed by atoms with E-state index >= 15 is 0 Å². The molecule has 1 aromatic carbocycles. The Kier molecular flexibility index (Phi) is 2.92. The van der Waals surface area contributed by atoms with Crippen LogP contribution in [0, 0.1) is 13.8 Å². The van der Waals surface area contributed by atoms with Gasteiger partial charge in [0.15, 0.2) is 0 Å². The number of nitrogens with zero attached hydrogens (tertiary/aromatic N) is 2. The third-order valence-corrected chi connectivity index (χ3v) is 3.47. The molecule has 0 radical (unpaired) electrons. The van der Waals surface area contributed by atoms with Gasteiger partial charge in [-0.1, -0.05) is 6.07 Å². The molecule has 0 bridgehead atoms. The zero-order valence-electron chi connectivity index (χ0n) is 11.0. The molecular weight excluding hydrogens is 222 g/mol. The smallest absolute Gasteiger partial charge is 0.0648 e. The molecular formula is C15H19N3. The lowest BCUT2D eigenvalue weighted by molar-refractivity contribution is 0.685. The van der Waals surface area contributed by atoms with E-state index in [0.717, 1.165) is 24.0 Å². The Morgan fingerprint density at radius 3 is 2.72 bits per heavy atom. The van der Waals surface area contributed by atoms with E-state index in [1.54, 1.807) is 0 Å². The zero-order chi connectivity index (χ0) is 12.5. The quantitative estimate of drug-likeness (QED) is 0.892. The molecule has 1 aliphatic rings. The summed E-state index contributed by atoms with van der Waals surface area (Å²) in [5.74, 6) is 0. The first-order valence-corrected chi connectivity index (χ1v) is 6.58. The summed E-state index contributed by atoms with van der Waals surface area (Å²) in [6.45, 7) is 5.16. The van der Waals surface area contributed by atoms with Crippen LogP contribution in [0.3, 0.4) is 0 Å². The zero-order valence-corrected chi connectivity index (χ0v) is 11.0. The maximum Gasteiger partial charge on any atom is 0.0648 e. The normalized spacial score (nSPS) is 15.0. The predicted molar refractivity (Wildman–Crippen MR) is 72.9 cm³/mol. The van der Waals surface area contributed by atoms with Gasteiger partial charge >= 0.3 is 0 Å². The number of benzene rings is 1. The molecule has 0 spiro atoms. The topological polar surface area (TPSA) is 29.9 Å². The number of hydrogen-bond donors (Lipinski definition) is 1. The largest absolute Gasteiger partial charge is 0.310 e. The minimum absolute atomic E-state index is 0.762. The molecule has 2 aromatic rings. The van der Waals surface area contributed by atoms with Crippen LogP contribution in [0.25, 0.3) is 5.69 Å². The van der Waals surface area contributed by atoms with E-state index in [4.69, 9.17) is 0 Å². The standard InChI is InChI=1S/C15H19N3/c1-11-9-15(18-8-7-12(2)17-18)6-3-13(11)10-16-14-4-5-14/h3,6-9,14,16H,4-5,10H2,1-2H3. The molecule has 3 nitrogen and oxygen atoms in total. The van der Waals surface area contributed by atoms with Gasteiger partial charge in [0, 0.05) is 18.8 Å². The van der Waals surface area contributed by atoms with E-state index in [0.29, 0.717) is 0 Å². The Labute approximate surface area is 108 Å². The first-order chi connectivity index (χ1) is 8.72. The van der Waals surface area contributed by atoms with Gasteiger partial charge in [-0.15, -0.1) is 0 Å². The summed E-state index contributed by atoms with van der Waals surface area (Å²) in [6, 6.07) is 9.34. The van der Waals surface area contributed by atoms with Crippen LogP contribution in [-0.2, 0) is 6.54 Å². The van der Waals surface area contributed by atoms with Gasteiger partial charge in [0.2, 0.25) is 0 Å². The molecule has 1 aromatic heterocycles. The van der Waals surface area contributed by atoms with Crippen molar-refractivity contribution >= 4 is 0 Å². The Balaban J connectivity index is 1.79. The lowest BCUT2D eigenvalue weighted by Gasteiger charge is -2.09. The maximum absolute atomic E-state index is 4.44. The van der Waals surface area contributed by atoms with Crippen LogP contribution < -0.4 is 5.32 Å². The second kappa shape index (κ2) is 4.58. The highest BCUT2D eigenvalue weighted by Crippen LogP contribution is 2.20. The summed E-state index contributed by atoms with van der Waals surface area (Å²) < 4.78 is 1.93. The van der Waals surface area contributed by atoms with Crippen molar-refractivity contribution < 1.29 is 0 Å². The first-order valence-electron chi connectivity index (χ1n) is 6.58. The van der Waals surface area contributed by atoms with Gasteiger partial charge in [0.05, 0.1) is 11.4 Å². The van der Waals surface area contributed by atoms with E-state index < -0.39 is 0 Å². The second-order valence-electron chi connectivity index (χ2n) is 5.17. The van der Waals surface area contributed by atoms with Crippen molar-refractivity contribution in [1.82, 2.24) is 15.1 Å². The number of aryl methyl sites for hydroxylation is 2. The molecule has 1 fully saturated rings. The van der Waals surface area contributed by atoms with Crippen molar-refractivity contribution in [3.8, 4) is 5.69 Å². The van der Waals surface area contributed by atoms with Crippen LogP contribution in [0.2, 0.25) is 0 Å². The van der Waals surface area contributed by atoms with E-state index in [1.165, 1.54) is 24.0 Å². The molecule has 1 aliphatic carbocycles.